The molecule has 29 heavy (non-hydrogen) atoms. The van der Waals surface area contributed by atoms with Crippen LogP contribution in [0.1, 0.15) is 30.5 Å². The number of thioether (sulfide) groups is 1. The lowest BCUT2D eigenvalue weighted by molar-refractivity contribution is -0.121. The Morgan fingerprint density at radius 1 is 1.10 bits per heavy atom. The lowest BCUT2D eigenvalue weighted by Crippen LogP contribution is -2.23. The SMILES string of the molecule is COc1cccc(/C=C2\SC(=Nc3c(C)cccc3C)N(C)C2=O)c1OC(C)C. The van der Waals surface area contributed by atoms with Crippen LogP contribution >= 0.6 is 11.8 Å². The third-order valence-electron chi connectivity index (χ3n) is 4.52. The van der Waals surface area contributed by atoms with Crippen LogP contribution < -0.4 is 9.47 Å². The molecular weight excluding hydrogens is 384 g/mol. The Labute approximate surface area is 176 Å². The Morgan fingerprint density at radius 2 is 1.76 bits per heavy atom. The fraction of sp³-hybridized carbons (Fsp3) is 0.304. The lowest BCUT2D eigenvalue weighted by atomic mass is 10.1. The smallest absolute Gasteiger partial charge is 0.266 e. The van der Waals surface area contributed by atoms with Crippen LogP contribution in [0.25, 0.3) is 6.08 Å². The molecule has 2 aromatic carbocycles. The van der Waals surface area contributed by atoms with Gasteiger partial charge in [0.15, 0.2) is 16.7 Å². The maximum Gasteiger partial charge on any atom is 0.266 e. The van der Waals surface area contributed by atoms with E-state index in [1.807, 2.05) is 70.2 Å². The van der Waals surface area contributed by atoms with E-state index in [0.717, 1.165) is 22.4 Å². The largest absolute Gasteiger partial charge is 0.493 e. The van der Waals surface area contributed by atoms with Crippen molar-refractivity contribution in [2.24, 2.45) is 4.99 Å². The van der Waals surface area contributed by atoms with E-state index in [-0.39, 0.29) is 12.0 Å². The van der Waals surface area contributed by atoms with Gasteiger partial charge in [-0.25, -0.2) is 4.99 Å². The van der Waals surface area contributed by atoms with Crippen molar-refractivity contribution in [3.63, 3.8) is 0 Å². The highest BCUT2D eigenvalue weighted by Crippen LogP contribution is 2.38. The van der Waals surface area contributed by atoms with Gasteiger partial charge in [-0.15, -0.1) is 0 Å². The summed E-state index contributed by atoms with van der Waals surface area (Å²) in [7, 11) is 3.36. The molecule has 1 amide bonds. The molecule has 0 N–H and O–H groups in total. The minimum atomic E-state index is -0.0849. The molecule has 2 aromatic rings. The summed E-state index contributed by atoms with van der Waals surface area (Å²) in [5, 5.41) is 0.660. The topological polar surface area (TPSA) is 51.1 Å². The average Bonchev–Trinajstić information content (AvgIpc) is 2.93. The highest BCUT2D eigenvalue weighted by atomic mass is 32.2. The van der Waals surface area contributed by atoms with Crippen LogP contribution in [0.15, 0.2) is 46.3 Å². The molecule has 5 nitrogen and oxygen atoms in total. The molecule has 0 radical (unpaired) electrons. The minimum absolute atomic E-state index is 0.0146. The number of ether oxygens (including phenoxy) is 2. The fourth-order valence-electron chi connectivity index (χ4n) is 3.04. The van der Waals surface area contributed by atoms with Crippen molar-refractivity contribution in [3.05, 3.63) is 58.0 Å². The first kappa shape index (κ1) is 21.0. The van der Waals surface area contributed by atoms with Gasteiger partial charge in [0.2, 0.25) is 0 Å². The van der Waals surface area contributed by atoms with Gasteiger partial charge >= 0.3 is 0 Å². The summed E-state index contributed by atoms with van der Waals surface area (Å²) in [6.07, 6.45) is 1.83. The molecular formula is C23H26N2O3S. The van der Waals surface area contributed by atoms with Gasteiger partial charge in [-0.05, 0) is 62.7 Å². The maximum atomic E-state index is 12.9. The summed E-state index contributed by atoms with van der Waals surface area (Å²) in [6, 6.07) is 11.7. The number of methoxy groups -OCH3 is 1. The number of carbonyl (C=O) groups is 1. The van der Waals surface area contributed by atoms with Crippen LogP contribution in [-0.4, -0.2) is 36.2 Å². The number of aryl methyl sites for hydroxylation is 2. The minimum Gasteiger partial charge on any atom is -0.493 e. The van der Waals surface area contributed by atoms with Crippen molar-refractivity contribution >= 4 is 34.6 Å². The van der Waals surface area contributed by atoms with Crippen LogP contribution in [0.2, 0.25) is 0 Å². The Bertz CT molecular complexity index is 975. The average molecular weight is 411 g/mol. The van der Waals surface area contributed by atoms with Crippen LogP contribution in [0.5, 0.6) is 11.5 Å². The van der Waals surface area contributed by atoms with Gasteiger partial charge in [0.1, 0.15) is 0 Å². The van der Waals surface area contributed by atoms with Crippen LogP contribution in [-0.2, 0) is 4.79 Å². The van der Waals surface area contributed by atoms with Gasteiger partial charge in [-0.3, -0.25) is 9.69 Å². The molecule has 0 saturated carbocycles. The van der Waals surface area contributed by atoms with Crippen molar-refractivity contribution in [2.75, 3.05) is 14.2 Å². The van der Waals surface area contributed by atoms with E-state index in [1.54, 1.807) is 19.1 Å². The van der Waals surface area contributed by atoms with E-state index in [1.165, 1.54) is 11.8 Å². The number of hydrogen-bond acceptors (Lipinski definition) is 5. The zero-order valence-corrected chi connectivity index (χ0v) is 18.5. The van der Waals surface area contributed by atoms with Crippen molar-refractivity contribution in [2.45, 2.75) is 33.8 Å². The molecule has 0 aliphatic carbocycles. The van der Waals surface area contributed by atoms with Crippen molar-refractivity contribution in [1.29, 1.82) is 0 Å². The highest BCUT2D eigenvalue weighted by molar-refractivity contribution is 8.18. The van der Waals surface area contributed by atoms with Crippen LogP contribution in [0.4, 0.5) is 5.69 Å². The molecule has 0 spiro atoms. The summed E-state index contributed by atoms with van der Waals surface area (Å²) in [4.78, 5) is 19.8. The van der Waals surface area contributed by atoms with E-state index in [9.17, 15) is 4.79 Å². The van der Waals surface area contributed by atoms with Gasteiger partial charge in [-0.1, -0.05) is 30.3 Å². The summed E-state index contributed by atoms with van der Waals surface area (Å²) in [6.45, 7) is 7.97. The number of carbonyl (C=O) groups excluding carboxylic acids is 1. The quantitative estimate of drug-likeness (QED) is 0.625. The second-order valence-electron chi connectivity index (χ2n) is 7.15. The van der Waals surface area contributed by atoms with Crippen LogP contribution in [0, 0.1) is 13.8 Å². The number of para-hydroxylation sites is 2. The number of aliphatic imine (C=N–C) groups is 1. The Kier molecular flexibility index (Phi) is 6.33. The van der Waals surface area contributed by atoms with Gasteiger partial charge in [-0.2, -0.15) is 0 Å². The number of benzene rings is 2. The fourth-order valence-corrected chi connectivity index (χ4v) is 4.00. The molecule has 3 rings (SSSR count). The molecule has 0 atom stereocenters. The van der Waals surface area contributed by atoms with E-state index < -0.39 is 0 Å². The number of amidine groups is 1. The Morgan fingerprint density at radius 3 is 2.38 bits per heavy atom. The zero-order chi connectivity index (χ0) is 21.1. The third-order valence-corrected chi connectivity index (χ3v) is 5.58. The first-order valence-corrected chi connectivity index (χ1v) is 10.3. The molecule has 0 aromatic heterocycles. The summed E-state index contributed by atoms with van der Waals surface area (Å²) < 4.78 is 11.4. The second-order valence-corrected chi connectivity index (χ2v) is 8.16. The Balaban J connectivity index is 2.00. The monoisotopic (exact) mass is 410 g/mol. The molecule has 6 heteroatoms. The zero-order valence-electron chi connectivity index (χ0n) is 17.6. The first-order valence-electron chi connectivity index (χ1n) is 9.48. The summed E-state index contributed by atoms with van der Waals surface area (Å²) >= 11 is 1.37. The summed E-state index contributed by atoms with van der Waals surface area (Å²) in [5.41, 5.74) is 3.87. The number of likely N-dealkylation sites (N-methyl/N-ethyl adjacent to an activating group) is 1. The number of amides is 1. The molecule has 1 aliphatic rings. The maximum absolute atomic E-state index is 12.9. The van der Waals surface area contributed by atoms with E-state index >= 15 is 0 Å². The molecule has 152 valence electrons. The van der Waals surface area contributed by atoms with Gasteiger partial charge < -0.3 is 9.47 Å². The molecule has 1 saturated heterocycles. The van der Waals surface area contributed by atoms with E-state index in [2.05, 4.69) is 0 Å². The molecule has 1 heterocycles. The second kappa shape index (κ2) is 8.74. The molecule has 1 aliphatic heterocycles. The predicted octanol–water partition coefficient (Wildman–Crippen LogP) is 5.33. The predicted molar refractivity (Wildman–Crippen MR) is 120 cm³/mol. The summed E-state index contributed by atoms with van der Waals surface area (Å²) in [5.74, 6) is 1.19. The van der Waals surface area contributed by atoms with E-state index in [4.69, 9.17) is 14.5 Å². The van der Waals surface area contributed by atoms with Crippen LogP contribution in [0.3, 0.4) is 0 Å². The molecule has 1 fully saturated rings. The standard InChI is InChI=1S/C23H26N2O3S/c1-14(2)28-21-17(11-8-12-18(21)27-6)13-19-22(26)25(5)23(29-19)24-20-15(3)9-7-10-16(20)4/h7-14H,1-6H3/b19-13-,24-23?. The highest BCUT2D eigenvalue weighted by Gasteiger charge is 2.31. The molecule has 0 unspecified atom stereocenters. The lowest BCUT2D eigenvalue weighted by Gasteiger charge is -2.16. The van der Waals surface area contributed by atoms with Gasteiger partial charge in [0.25, 0.3) is 5.91 Å². The Hall–Kier alpha value is -2.73. The number of hydrogen-bond donors (Lipinski definition) is 0. The van der Waals surface area contributed by atoms with Crippen molar-refractivity contribution in [3.8, 4) is 11.5 Å². The van der Waals surface area contributed by atoms with Crippen molar-refractivity contribution in [1.82, 2.24) is 4.90 Å². The first-order chi connectivity index (χ1) is 13.8. The van der Waals surface area contributed by atoms with E-state index in [0.29, 0.717) is 21.6 Å². The third kappa shape index (κ3) is 4.48. The van der Waals surface area contributed by atoms with Gasteiger partial charge in [0.05, 0.1) is 23.8 Å². The molecule has 0 bridgehead atoms. The normalized spacial score (nSPS) is 16.9. The van der Waals surface area contributed by atoms with Crippen molar-refractivity contribution < 1.29 is 14.3 Å². The number of nitrogens with zero attached hydrogens (tertiary/aromatic N) is 2. The van der Waals surface area contributed by atoms with Gasteiger partial charge in [0, 0.05) is 12.6 Å². The number of rotatable bonds is 5.